The number of rotatable bonds is 0. The Morgan fingerprint density at radius 2 is 2.00 bits per heavy atom. The molecule has 1 aromatic heterocycles. The summed E-state index contributed by atoms with van der Waals surface area (Å²) in [5.74, 6) is 0.845. The quantitative estimate of drug-likeness (QED) is 0.699. The molecule has 0 N–H and O–H groups in total. The number of ether oxygens (including phenoxy) is 1. The van der Waals surface area contributed by atoms with Gasteiger partial charge in [0, 0.05) is 10.9 Å². The SMILES string of the molecule is Cc1c2c(nc3ccc(C(C)(C)C)cc13)O[C@H](C)CC2. The van der Waals surface area contributed by atoms with Crippen LogP contribution in [0.4, 0.5) is 0 Å². The summed E-state index contributed by atoms with van der Waals surface area (Å²) in [5, 5.41) is 1.27. The van der Waals surface area contributed by atoms with Crippen LogP contribution in [0.25, 0.3) is 10.9 Å². The number of hydrogen-bond acceptors (Lipinski definition) is 2. The van der Waals surface area contributed by atoms with Crippen molar-refractivity contribution in [2.75, 3.05) is 0 Å². The topological polar surface area (TPSA) is 22.1 Å². The first kappa shape index (κ1) is 13.4. The van der Waals surface area contributed by atoms with Gasteiger partial charge in [0.2, 0.25) is 5.88 Å². The normalized spacial score (nSPS) is 18.8. The lowest BCUT2D eigenvalue weighted by Crippen LogP contribution is -2.20. The molecule has 1 aliphatic heterocycles. The molecule has 0 fully saturated rings. The van der Waals surface area contributed by atoms with E-state index in [1.165, 1.54) is 22.1 Å². The molecule has 106 valence electrons. The summed E-state index contributed by atoms with van der Waals surface area (Å²) in [5.41, 5.74) is 5.20. The van der Waals surface area contributed by atoms with Gasteiger partial charge in [-0.05, 0) is 55.4 Å². The maximum absolute atomic E-state index is 5.91. The zero-order chi connectivity index (χ0) is 14.5. The van der Waals surface area contributed by atoms with Crippen LogP contribution in [0.15, 0.2) is 18.2 Å². The van der Waals surface area contributed by atoms with E-state index in [2.05, 4.69) is 52.8 Å². The smallest absolute Gasteiger partial charge is 0.217 e. The second-order valence-electron chi connectivity index (χ2n) is 6.97. The molecule has 1 atom stereocenters. The second-order valence-corrected chi connectivity index (χ2v) is 6.97. The Labute approximate surface area is 121 Å². The van der Waals surface area contributed by atoms with Gasteiger partial charge >= 0.3 is 0 Å². The Bertz CT molecular complexity index is 667. The van der Waals surface area contributed by atoms with Gasteiger partial charge < -0.3 is 4.74 Å². The van der Waals surface area contributed by atoms with Gasteiger partial charge in [-0.2, -0.15) is 0 Å². The standard InChI is InChI=1S/C18H23NO/c1-11-6-8-14-12(2)15-10-13(18(3,4)5)7-9-16(15)19-17(14)20-11/h7,9-11H,6,8H2,1-5H3/t11-/m1/s1. The summed E-state index contributed by atoms with van der Waals surface area (Å²) in [7, 11) is 0. The van der Waals surface area contributed by atoms with Crippen LogP contribution in [-0.2, 0) is 11.8 Å². The summed E-state index contributed by atoms with van der Waals surface area (Å²) in [4.78, 5) is 4.73. The Balaban J connectivity index is 2.22. The molecule has 0 saturated heterocycles. The molecule has 0 unspecified atom stereocenters. The predicted octanol–water partition coefficient (Wildman–Crippen LogP) is 4.55. The van der Waals surface area contributed by atoms with Gasteiger partial charge in [-0.3, -0.25) is 0 Å². The first-order valence-corrected chi connectivity index (χ1v) is 7.46. The minimum atomic E-state index is 0.168. The van der Waals surface area contributed by atoms with E-state index in [1.807, 2.05) is 0 Å². The number of benzene rings is 1. The number of aromatic nitrogens is 1. The summed E-state index contributed by atoms with van der Waals surface area (Å²) in [6.45, 7) is 11.1. The largest absolute Gasteiger partial charge is 0.474 e. The van der Waals surface area contributed by atoms with Gasteiger partial charge in [-0.25, -0.2) is 4.98 Å². The molecule has 2 heteroatoms. The lowest BCUT2D eigenvalue weighted by Gasteiger charge is -2.25. The Morgan fingerprint density at radius 3 is 2.70 bits per heavy atom. The molecule has 0 bridgehead atoms. The molecule has 2 heterocycles. The van der Waals surface area contributed by atoms with Gasteiger partial charge in [0.1, 0.15) is 0 Å². The highest BCUT2D eigenvalue weighted by Crippen LogP contribution is 2.34. The zero-order valence-electron chi connectivity index (χ0n) is 13.1. The molecule has 3 rings (SSSR count). The fraction of sp³-hybridized carbons (Fsp3) is 0.500. The number of hydrogen-bond donors (Lipinski definition) is 0. The van der Waals surface area contributed by atoms with Crippen molar-refractivity contribution in [2.45, 2.75) is 59.0 Å². The Morgan fingerprint density at radius 1 is 1.25 bits per heavy atom. The Hall–Kier alpha value is -1.57. The predicted molar refractivity (Wildman–Crippen MR) is 83.6 cm³/mol. The lowest BCUT2D eigenvalue weighted by atomic mass is 9.85. The molecule has 2 aromatic rings. The summed E-state index contributed by atoms with van der Waals surface area (Å²) in [6, 6.07) is 6.62. The van der Waals surface area contributed by atoms with Crippen molar-refractivity contribution in [3.05, 3.63) is 34.9 Å². The maximum atomic E-state index is 5.91. The van der Waals surface area contributed by atoms with Crippen molar-refractivity contribution in [1.82, 2.24) is 4.98 Å². The van der Waals surface area contributed by atoms with Crippen molar-refractivity contribution in [2.24, 2.45) is 0 Å². The van der Waals surface area contributed by atoms with Crippen LogP contribution in [0.2, 0.25) is 0 Å². The van der Waals surface area contributed by atoms with Crippen LogP contribution in [0.3, 0.4) is 0 Å². The number of nitrogens with zero attached hydrogens (tertiary/aromatic N) is 1. The van der Waals surface area contributed by atoms with Gasteiger partial charge in [0.15, 0.2) is 0 Å². The van der Waals surface area contributed by atoms with E-state index in [9.17, 15) is 0 Å². The third kappa shape index (κ3) is 2.17. The van der Waals surface area contributed by atoms with E-state index < -0.39 is 0 Å². The molecule has 1 aromatic carbocycles. The van der Waals surface area contributed by atoms with E-state index in [1.54, 1.807) is 0 Å². The molecule has 20 heavy (non-hydrogen) atoms. The first-order valence-electron chi connectivity index (χ1n) is 7.46. The average molecular weight is 269 g/mol. The third-order valence-electron chi connectivity index (χ3n) is 4.31. The molecule has 2 nitrogen and oxygen atoms in total. The third-order valence-corrected chi connectivity index (χ3v) is 4.31. The fourth-order valence-electron chi connectivity index (χ4n) is 2.89. The fourth-order valence-corrected chi connectivity index (χ4v) is 2.89. The van der Waals surface area contributed by atoms with E-state index in [0.29, 0.717) is 0 Å². The minimum Gasteiger partial charge on any atom is -0.474 e. The average Bonchev–Trinajstić information content (AvgIpc) is 2.37. The molecule has 1 aliphatic rings. The van der Waals surface area contributed by atoms with E-state index in [0.717, 1.165) is 24.2 Å². The van der Waals surface area contributed by atoms with Crippen LogP contribution < -0.4 is 4.74 Å². The summed E-state index contributed by atoms with van der Waals surface area (Å²) < 4.78 is 5.91. The molecule has 0 radical (unpaired) electrons. The van der Waals surface area contributed by atoms with Crippen molar-refractivity contribution < 1.29 is 4.74 Å². The minimum absolute atomic E-state index is 0.168. The molecular weight excluding hydrogens is 246 g/mol. The number of aryl methyl sites for hydroxylation is 1. The highest BCUT2D eigenvalue weighted by atomic mass is 16.5. The van der Waals surface area contributed by atoms with Gasteiger partial charge in [-0.1, -0.05) is 26.8 Å². The van der Waals surface area contributed by atoms with Crippen molar-refractivity contribution >= 4 is 10.9 Å². The van der Waals surface area contributed by atoms with Crippen molar-refractivity contribution in [3.8, 4) is 5.88 Å². The zero-order valence-corrected chi connectivity index (χ0v) is 13.1. The van der Waals surface area contributed by atoms with Crippen LogP contribution in [-0.4, -0.2) is 11.1 Å². The summed E-state index contributed by atoms with van der Waals surface area (Å²) >= 11 is 0. The maximum Gasteiger partial charge on any atom is 0.217 e. The van der Waals surface area contributed by atoms with Crippen LogP contribution in [0.5, 0.6) is 5.88 Å². The van der Waals surface area contributed by atoms with E-state index in [4.69, 9.17) is 9.72 Å². The van der Waals surface area contributed by atoms with E-state index in [-0.39, 0.29) is 11.5 Å². The van der Waals surface area contributed by atoms with Crippen LogP contribution in [0.1, 0.15) is 50.8 Å². The van der Waals surface area contributed by atoms with Crippen molar-refractivity contribution in [1.29, 1.82) is 0 Å². The number of pyridine rings is 1. The highest BCUT2D eigenvalue weighted by Gasteiger charge is 2.22. The lowest BCUT2D eigenvalue weighted by molar-refractivity contribution is 0.184. The van der Waals surface area contributed by atoms with Crippen LogP contribution in [0, 0.1) is 6.92 Å². The van der Waals surface area contributed by atoms with E-state index >= 15 is 0 Å². The Kier molecular flexibility index (Phi) is 3.00. The molecular formula is C18H23NO. The molecule has 0 spiro atoms. The molecule has 0 saturated carbocycles. The summed E-state index contributed by atoms with van der Waals surface area (Å²) in [6.07, 6.45) is 2.44. The number of fused-ring (bicyclic) bond motifs is 2. The molecule has 0 amide bonds. The van der Waals surface area contributed by atoms with Gasteiger partial charge in [-0.15, -0.1) is 0 Å². The molecule has 0 aliphatic carbocycles. The van der Waals surface area contributed by atoms with Crippen molar-refractivity contribution in [3.63, 3.8) is 0 Å². The van der Waals surface area contributed by atoms with Crippen LogP contribution >= 0.6 is 0 Å². The highest BCUT2D eigenvalue weighted by molar-refractivity contribution is 5.85. The van der Waals surface area contributed by atoms with Gasteiger partial charge in [0.05, 0.1) is 11.6 Å². The second kappa shape index (κ2) is 4.47. The monoisotopic (exact) mass is 269 g/mol. The van der Waals surface area contributed by atoms with Gasteiger partial charge in [0.25, 0.3) is 0 Å². The first-order chi connectivity index (χ1) is 9.36.